The molecule has 0 aromatic rings. The standard InChI is InChI=1S/C13H24N2O4S/c1-10-6-15(7-11(10)8-20(14,17)18)12(16)13(9-19-2)4-3-5-13/h10-11H,3-9H2,1-2H3,(H2,14,17,18)/t10-,11+/m1/s1. The third kappa shape index (κ3) is 3.15. The molecule has 20 heavy (non-hydrogen) atoms. The van der Waals surface area contributed by atoms with Crippen LogP contribution in [0.25, 0.3) is 0 Å². The van der Waals surface area contributed by atoms with Crippen molar-refractivity contribution < 1.29 is 17.9 Å². The molecule has 0 bridgehead atoms. The topological polar surface area (TPSA) is 89.7 Å². The lowest BCUT2D eigenvalue weighted by molar-refractivity contribution is -0.151. The number of likely N-dealkylation sites (tertiary alicyclic amines) is 1. The number of amides is 1. The Labute approximate surface area is 120 Å². The van der Waals surface area contributed by atoms with Crippen LogP contribution in [0.3, 0.4) is 0 Å². The molecule has 1 aliphatic carbocycles. The normalized spacial score (nSPS) is 29.2. The Morgan fingerprint density at radius 1 is 1.40 bits per heavy atom. The number of ether oxygens (including phenoxy) is 1. The number of sulfonamides is 1. The van der Waals surface area contributed by atoms with Crippen LogP contribution in [0.1, 0.15) is 26.2 Å². The van der Waals surface area contributed by atoms with E-state index in [-0.39, 0.29) is 28.9 Å². The van der Waals surface area contributed by atoms with Gasteiger partial charge in [0, 0.05) is 20.2 Å². The predicted octanol–water partition coefficient (Wildman–Crippen LogP) is 0.186. The first kappa shape index (κ1) is 15.7. The van der Waals surface area contributed by atoms with Gasteiger partial charge in [0.25, 0.3) is 0 Å². The second-order valence-electron chi connectivity index (χ2n) is 6.34. The monoisotopic (exact) mass is 304 g/mol. The van der Waals surface area contributed by atoms with Gasteiger partial charge in [-0.2, -0.15) is 0 Å². The molecule has 1 aliphatic heterocycles. The van der Waals surface area contributed by atoms with Crippen molar-refractivity contribution in [2.45, 2.75) is 26.2 Å². The van der Waals surface area contributed by atoms with Crippen LogP contribution in [0.15, 0.2) is 0 Å². The first-order valence-corrected chi connectivity index (χ1v) is 8.78. The van der Waals surface area contributed by atoms with Crippen LogP contribution in [0, 0.1) is 17.3 Å². The second kappa shape index (κ2) is 5.61. The zero-order valence-electron chi connectivity index (χ0n) is 12.2. The van der Waals surface area contributed by atoms with E-state index >= 15 is 0 Å². The van der Waals surface area contributed by atoms with Crippen molar-refractivity contribution in [3.8, 4) is 0 Å². The highest BCUT2D eigenvalue weighted by Gasteiger charge is 2.48. The molecule has 2 atom stereocenters. The summed E-state index contributed by atoms with van der Waals surface area (Å²) in [7, 11) is -1.87. The van der Waals surface area contributed by atoms with E-state index in [0.717, 1.165) is 19.3 Å². The lowest BCUT2D eigenvalue weighted by Crippen LogP contribution is -2.50. The van der Waals surface area contributed by atoms with Gasteiger partial charge in [-0.25, -0.2) is 13.6 Å². The summed E-state index contributed by atoms with van der Waals surface area (Å²) in [4.78, 5) is 14.5. The summed E-state index contributed by atoms with van der Waals surface area (Å²) in [5.41, 5.74) is -0.370. The molecule has 116 valence electrons. The number of methoxy groups -OCH3 is 1. The van der Waals surface area contributed by atoms with Gasteiger partial charge in [0.15, 0.2) is 0 Å². The van der Waals surface area contributed by atoms with E-state index in [1.54, 1.807) is 12.0 Å². The van der Waals surface area contributed by atoms with Gasteiger partial charge in [-0.1, -0.05) is 13.3 Å². The fourth-order valence-corrected chi connectivity index (χ4v) is 4.38. The van der Waals surface area contributed by atoms with E-state index in [1.807, 2.05) is 6.92 Å². The second-order valence-corrected chi connectivity index (χ2v) is 8.00. The van der Waals surface area contributed by atoms with Crippen LogP contribution in [-0.2, 0) is 19.6 Å². The number of hydrogen-bond acceptors (Lipinski definition) is 4. The molecule has 0 aromatic carbocycles. The van der Waals surface area contributed by atoms with E-state index in [4.69, 9.17) is 9.88 Å². The number of rotatable bonds is 5. The molecule has 2 N–H and O–H groups in total. The van der Waals surface area contributed by atoms with Crippen molar-refractivity contribution in [2.24, 2.45) is 22.4 Å². The quantitative estimate of drug-likeness (QED) is 0.785. The van der Waals surface area contributed by atoms with Crippen molar-refractivity contribution in [3.63, 3.8) is 0 Å². The molecule has 7 heteroatoms. The fraction of sp³-hybridized carbons (Fsp3) is 0.923. The van der Waals surface area contributed by atoms with Gasteiger partial charge >= 0.3 is 0 Å². The molecule has 1 saturated carbocycles. The number of carbonyl (C=O) groups excluding carboxylic acids is 1. The minimum absolute atomic E-state index is 0.0464. The molecule has 1 saturated heterocycles. The Balaban J connectivity index is 2.02. The van der Waals surface area contributed by atoms with Crippen LogP contribution in [0.4, 0.5) is 0 Å². The minimum atomic E-state index is -3.49. The van der Waals surface area contributed by atoms with Crippen molar-refractivity contribution in [2.75, 3.05) is 32.6 Å². The van der Waals surface area contributed by atoms with Gasteiger partial charge in [0.05, 0.1) is 17.8 Å². The Hall–Kier alpha value is -0.660. The number of nitrogens with zero attached hydrogens (tertiary/aromatic N) is 1. The third-order valence-corrected chi connectivity index (χ3v) is 5.58. The summed E-state index contributed by atoms with van der Waals surface area (Å²) in [5, 5.41) is 5.12. The lowest BCUT2D eigenvalue weighted by atomic mass is 9.68. The van der Waals surface area contributed by atoms with E-state index in [0.29, 0.717) is 19.7 Å². The zero-order chi connectivity index (χ0) is 15.0. The van der Waals surface area contributed by atoms with Gasteiger partial charge in [-0.3, -0.25) is 4.79 Å². The van der Waals surface area contributed by atoms with Crippen molar-refractivity contribution in [1.29, 1.82) is 0 Å². The molecule has 0 radical (unpaired) electrons. The molecule has 1 heterocycles. The van der Waals surface area contributed by atoms with Crippen molar-refractivity contribution >= 4 is 15.9 Å². The van der Waals surface area contributed by atoms with E-state index < -0.39 is 10.0 Å². The molecule has 1 amide bonds. The average Bonchev–Trinajstić information content (AvgIpc) is 2.62. The zero-order valence-corrected chi connectivity index (χ0v) is 13.0. The molecular formula is C13H24N2O4S. The number of hydrogen-bond donors (Lipinski definition) is 1. The van der Waals surface area contributed by atoms with Gasteiger partial charge in [0.2, 0.25) is 15.9 Å². The van der Waals surface area contributed by atoms with E-state index in [1.165, 1.54) is 0 Å². The Bertz CT molecular complexity index is 473. The summed E-state index contributed by atoms with van der Waals surface area (Å²) < 4.78 is 27.7. The number of primary sulfonamides is 1. The lowest BCUT2D eigenvalue weighted by Gasteiger charge is -2.42. The van der Waals surface area contributed by atoms with E-state index in [9.17, 15) is 13.2 Å². The van der Waals surface area contributed by atoms with Crippen LogP contribution in [-0.4, -0.2) is 51.8 Å². The van der Waals surface area contributed by atoms with E-state index in [2.05, 4.69) is 0 Å². The Morgan fingerprint density at radius 3 is 2.50 bits per heavy atom. The van der Waals surface area contributed by atoms with Gasteiger partial charge < -0.3 is 9.64 Å². The molecular weight excluding hydrogens is 280 g/mol. The first-order chi connectivity index (χ1) is 9.27. The minimum Gasteiger partial charge on any atom is -0.384 e. The summed E-state index contributed by atoms with van der Waals surface area (Å²) in [6.07, 6.45) is 2.79. The number of nitrogens with two attached hydrogens (primary N) is 1. The Kier molecular flexibility index (Phi) is 4.41. The third-order valence-electron chi connectivity index (χ3n) is 4.69. The van der Waals surface area contributed by atoms with Gasteiger partial charge in [-0.15, -0.1) is 0 Å². The van der Waals surface area contributed by atoms with Crippen LogP contribution >= 0.6 is 0 Å². The highest BCUT2D eigenvalue weighted by Crippen LogP contribution is 2.44. The summed E-state index contributed by atoms with van der Waals surface area (Å²) in [5.74, 6) is 0.176. The predicted molar refractivity (Wildman–Crippen MR) is 75.4 cm³/mol. The highest BCUT2D eigenvalue weighted by atomic mass is 32.2. The summed E-state index contributed by atoms with van der Waals surface area (Å²) in [6, 6.07) is 0. The fourth-order valence-electron chi connectivity index (χ4n) is 3.35. The molecule has 6 nitrogen and oxygen atoms in total. The summed E-state index contributed by atoms with van der Waals surface area (Å²) in [6.45, 7) is 3.54. The molecule has 0 spiro atoms. The maximum absolute atomic E-state index is 12.7. The van der Waals surface area contributed by atoms with Crippen LogP contribution < -0.4 is 5.14 Å². The Morgan fingerprint density at radius 2 is 2.05 bits per heavy atom. The maximum atomic E-state index is 12.7. The molecule has 0 unspecified atom stereocenters. The summed E-state index contributed by atoms with van der Waals surface area (Å²) >= 11 is 0. The smallest absolute Gasteiger partial charge is 0.231 e. The average molecular weight is 304 g/mol. The first-order valence-electron chi connectivity index (χ1n) is 7.06. The SMILES string of the molecule is COCC1(C(=O)N2C[C@@H](CS(N)(=O)=O)[C@H](C)C2)CCC1. The molecule has 0 aromatic heterocycles. The van der Waals surface area contributed by atoms with Gasteiger partial charge in [-0.05, 0) is 24.7 Å². The highest BCUT2D eigenvalue weighted by molar-refractivity contribution is 7.89. The largest absolute Gasteiger partial charge is 0.384 e. The van der Waals surface area contributed by atoms with Gasteiger partial charge in [0.1, 0.15) is 0 Å². The van der Waals surface area contributed by atoms with Crippen LogP contribution in [0.5, 0.6) is 0 Å². The van der Waals surface area contributed by atoms with Crippen LogP contribution in [0.2, 0.25) is 0 Å². The van der Waals surface area contributed by atoms with Crippen molar-refractivity contribution in [3.05, 3.63) is 0 Å². The van der Waals surface area contributed by atoms with Crippen molar-refractivity contribution in [1.82, 2.24) is 4.90 Å². The maximum Gasteiger partial charge on any atom is 0.231 e. The molecule has 2 aliphatic rings. The molecule has 2 fully saturated rings. The number of carbonyl (C=O) groups is 1. The molecule has 2 rings (SSSR count).